The smallest absolute Gasteiger partial charge is 0.251 e. The molecular formula is C10H16ClN3O. The van der Waals surface area contributed by atoms with Crippen LogP contribution >= 0.6 is 12.4 Å². The fourth-order valence-corrected chi connectivity index (χ4v) is 2.06. The Morgan fingerprint density at radius 3 is 2.60 bits per heavy atom. The molecule has 1 saturated carbocycles. The molecule has 0 saturated heterocycles. The molecule has 4 nitrogen and oxygen atoms in total. The highest BCUT2D eigenvalue weighted by Gasteiger charge is 2.33. The fraction of sp³-hybridized carbons (Fsp3) is 0.600. The molecule has 1 fully saturated rings. The summed E-state index contributed by atoms with van der Waals surface area (Å²) in [5, 5.41) is 0. The van der Waals surface area contributed by atoms with E-state index < -0.39 is 5.54 Å². The van der Waals surface area contributed by atoms with Gasteiger partial charge in [0.1, 0.15) is 5.82 Å². The number of aryl methyl sites for hydroxylation is 1. The summed E-state index contributed by atoms with van der Waals surface area (Å²) in [7, 11) is 0. The van der Waals surface area contributed by atoms with Gasteiger partial charge in [0.2, 0.25) is 0 Å². The molecule has 1 heterocycles. The van der Waals surface area contributed by atoms with Gasteiger partial charge in [0, 0.05) is 11.8 Å². The van der Waals surface area contributed by atoms with E-state index in [1.54, 1.807) is 0 Å². The van der Waals surface area contributed by atoms with Gasteiger partial charge in [-0.25, -0.2) is 4.98 Å². The summed E-state index contributed by atoms with van der Waals surface area (Å²) in [5.74, 6) is 0.653. The van der Waals surface area contributed by atoms with Crippen molar-refractivity contribution in [1.82, 2.24) is 9.97 Å². The lowest BCUT2D eigenvalue weighted by Gasteiger charge is -2.22. The molecular weight excluding hydrogens is 214 g/mol. The Bertz CT molecular complexity index is 396. The van der Waals surface area contributed by atoms with Gasteiger partial charge >= 0.3 is 0 Å². The minimum atomic E-state index is -0.398. The number of hydrogen-bond donors (Lipinski definition) is 2. The first-order valence-electron chi connectivity index (χ1n) is 4.97. The van der Waals surface area contributed by atoms with E-state index >= 15 is 0 Å². The van der Waals surface area contributed by atoms with Gasteiger partial charge in [-0.3, -0.25) is 4.79 Å². The highest BCUT2D eigenvalue weighted by Crippen LogP contribution is 2.33. The van der Waals surface area contributed by atoms with Crippen LogP contribution in [0.25, 0.3) is 0 Å². The SMILES string of the molecule is Cc1cc(=O)[nH]c(C2(N)CCCC2)n1.Cl. The maximum absolute atomic E-state index is 11.3. The molecule has 84 valence electrons. The lowest BCUT2D eigenvalue weighted by atomic mass is 9.98. The Hall–Kier alpha value is -0.870. The first-order valence-corrected chi connectivity index (χ1v) is 4.97. The quantitative estimate of drug-likeness (QED) is 0.761. The summed E-state index contributed by atoms with van der Waals surface area (Å²) < 4.78 is 0. The van der Waals surface area contributed by atoms with Crippen LogP contribution in [0, 0.1) is 6.92 Å². The molecule has 0 radical (unpaired) electrons. The van der Waals surface area contributed by atoms with E-state index in [0.717, 1.165) is 31.4 Å². The molecule has 2 rings (SSSR count). The summed E-state index contributed by atoms with van der Waals surface area (Å²) in [6.07, 6.45) is 4.07. The van der Waals surface area contributed by atoms with E-state index in [4.69, 9.17) is 5.73 Å². The fourth-order valence-electron chi connectivity index (χ4n) is 2.06. The summed E-state index contributed by atoms with van der Waals surface area (Å²) in [6.45, 7) is 1.82. The summed E-state index contributed by atoms with van der Waals surface area (Å²) >= 11 is 0. The summed E-state index contributed by atoms with van der Waals surface area (Å²) in [5.41, 5.74) is 6.42. The summed E-state index contributed by atoms with van der Waals surface area (Å²) in [6, 6.07) is 1.49. The zero-order valence-electron chi connectivity index (χ0n) is 8.75. The van der Waals surface area contributed by atoms with Crippen LogP contribution in [0.5, 0.6) is 0 Å². The number of nitrogens with two attached hydrogens (primary N) is 1. The van der Waals surface area contributed by atoms with Gasteiger partial charge in [0.15, 0.2) is 0 Å². The van der Waals surface area contributed by atoms with Crippen molar-refractivity contribution in [1.29, 1.82) is 0 Å². The van der Waals surface area contributed by atoms with Crippen LogP contribution in [-0.2, 0) is 5.54 Å². The molecule has 0 atom stereocenters. The number of halogens is 1. The number of nitrogens with zero attached hydrogens (tertiary/aromatic N) is 1. The molecule has 1 aliphatic carbocycles. The molecule has 5 heteroatoms. The van der Waals surface area contributed by atoms with E-state index in [9.17, 15) is 4.79 Å². The molecule has 0 unspecified atom stereocenters. The van der Waals surface area contributed by atoms with Gasteiger partial charge in [0.25, 0.3) is 5.56 Å². The average molecular weight is 230 g/mol. The van der Waals surface area contributed by atoms with Crippen molar-refractivity contribution in [2.75, 3.05) is 0 Å². The standard InChI is InChI=1S/C10H15N3O.ClH/c1-7-6-8(14)13-9(12-7)10(11)4-2-3-5-10;/h6H,2-5,11H2,1H3,(H,12,13,14);1H. The van der Waals surface area contributed by atoms with Gasteiger partial charge in [-0.1, -0.05) is 12.8 Å². The van der Waals surface area contributed by atoms with Crippen LogP contribution < -0.4 is 11.3 Å². The molecule has 15 heavy (non-hydrogen) atoms. The van der Waals surface area contributed by atoms with Gasteiger partial charge in [-0.15, -0.1) is 12.4 Å². The first-order chi connectivity index (χ1) is 6.60. The van der Waals surface area contributed by atoms with Crippen molar-refractivity contribution in [2.45, 2.75) is 38.1 Å². The number of H-pyrrole nitrogens is 1. The molecule has 0 spiro atoms. The first kappa shape index (κ1) is 12.2. The monoisotopic (exact) mass is 229 g/mol. The topological polar surface area (TPSA) is 71.8 Å². The molecule has 1 aliphatic rings. The van der Waals surface area contributed by atoms with E-state index in [0.29, 0.717) is 5.82 Å². The van der Waals surface area contributed by atoms with Gasteiger partial charge in [0.05, 0.1) is 5.54 Å². The number of rotatable bonds is 1. The Morgan fingerprint density at radius 1 is 1.47 bits per heavy atom. The van der Waals surface area contributed by atoms with Crippen molar-refractivity contribution < 1.29 is 0 Å². The molecule has 1 aromatic heterocycles. The lowest BCUT2D eigenvalue weighted by Crippen LogP contribution is -2.37. The van der Waals surface area contributed by atoms with Crippen LogP contribution in [0.4, 0.5) is 0 Å². The van der Waals surface area contributed by atoms with Crippen molar-refractivity contribution in [3.63, 3.8) is 0 Å². The predicted octanol–water partition coefficient (Wildman–Crippen LogP) is 1.23. The minimum absolute atomic E-state index is 0. The second-order valence-corrected chi connectivity index (χ2v) is 4.10. The van der Waals surface area contributed by atoms with Crippen molar-refractivity contribution in [3.05, 3.63) is 27.9 Å². The zero-order valence-corrected chi connectivity index (χ0v) is 9.56. The highest BCUT2D eigenvalue weighted by molar-refractivity contribution is 5.85. The third-order valence-electron chi connectivity index (χ3n) is 2.84. The number of aromatic nitrogens is 2. The maximum Gasteiger partial charge on any atom is 0.251 e. The molecule has 3 N–H and O–H groups in total. The predicted molar refractivity (Wildman–Crippen MR) is 61.2 cm³/mol. The zero-order chi connectivity index (χ0) is 10.2. The van der Waals surface area contributed by atoms with Gasteiger partial charge in [-0.05, 0) is 19.8 Å². The second-order valence-electron chi connectivity index (χ2n) is 4.10. The van der Waals surface area contributed by atoms with Crippen LogP contribution in [0.2, 0.25) is 0 Å². The molecule has 0 aliphatic heterocycles. The summed E-state index contributed by atoms with van der Waals surface area (Å²) in [4.78, 5) is 18.3. The van der Waals surface area contributed by atoms with Gasteiger partial charge in [-0.2, -0.15) is 0 Å². The Balaban J connectivity index is 0.00000112. The van der Waals surface area contributed by atoms with E-state index in [-0.39, 0.29) is 18.0 Å². The second kappa shape index (κ2) is 4.33. The van der Waals surface area contributed by atoms with E-state index in [2.05, 4.69) is 9.97 Å². The maximum atomic E-state index is 11.3. The van der Waals surface area contributed by atoms with Crippen molar-refractivity contribution in [2.24, 2.45) is 5.73 Å². The van der Waals surface area contributed by atoms with Crippen LogP contribution in [0.3, 0.4) is 0 Å². The number of nitrogens with one attached hydrogen (secondary N) is 1. The number of aromatic amines is 1. The Labute approximate surface area is 94.7 Å². The van der Waals surface area contributed by atoms with Crippen molar-refractivity contribution in [3.8, 4) is 0 Å². The lowest BCUT2D eigenvalue weighted by molar-refractivity contribution is 0.428. The normalized spacial score (nSPS) is 18.5. The van der Waals surface area contributed by atoms with Crippen LogP contribution in [-0.4, -0.2) is 9.97 Å². The molecule has 0 bridgehead atoms. The van der Waals surface area contributed by atoms with Gasteiger partial charge < -0.3 is 10.7 Å². The van der Waals surface area contributed by atoms with Crippen molar-refractivity contribution >= 4 is 12.4 Å². The third kappa shape index (κ3) is 2.38. The third-order valence-corrected chi connectivity index (χ3v) is 2.84. The highest BCUT2D eigenvalue weighted by atomic mass is 35.5. The number of hydrogen-bond acceptors (Lipinski definition) is 3. The van der Waals surface area contributed by atoms with E-state index in [1.165, 1.54) is 6.07 Å². The van der Waals surface area contributed by atoms with Crippen LogP contribution in [0.1, 0.15) is 37.2 Å². The molecule has 0 aromatic carbocycles. The molecule has 1 aromatic rings. The average Bonchev–Trinajstić information content (AvgIpc) is 2.52. The molecule has 0 amide bonds. The van der Waals surface area contributed by atoms with E-state index in [1.807, 2.05) is 6.92 Å². The largest absolute Gasteiger partial charge is 0.319 e. The Kier molecular flexibility index (Phi) is 3.52. The minimum Gasteiger partial charge on any atom is -0.319 e. The Morgan fingerprint density at radius 2 is 2.07 bits per heavy atom. The van der Waals surface area contributed by atoms with Crippen LogP contribution in [0.15, 0.2) is 10.9 Å².